The number of rotatable bonds is 8. The molecule has 1 aromatic rings. The van der Waals surface area contributed by atoms with Gasteiger partial charge in [-0.1, -0.05) is 30.7 Å². The van der Waals surface area contributed by atoms with E-state index in [0.717, 1.165) is 29.6 Å². The molecule has 0 unspecified atom stereocenters. The first-order chi connectivity index (χ1) is 15.1. The Balaban J connectivity index is 0.000000751. The molecule has 0 radical (unpaired) electrons. The SMILES string of the molecule is CCC(=C(C)C)c1c[nH]c(=O)c(NCC2=CC=CCC(OCC=O)=C2)c1.COC(C)(C)C. The smallest absolute Gasteiger partial charge is 0.271 e. The van der Waals surface area contributed by atoms with Gasteiger partial charge < -0.3 is 19.8 Å². The number of allylic oxidation sites excluding steroid dienone is 5. The van der Waals surface area contributed by atoms with Crippen LogP contribution in [0.2, 0.25) is 0 Å². The lowest BCUT2D eigenvalue weighted by atomic mass is 10.0. The molecule has 32 heavy (non-hydrogen) atoms. The van der Waals surface area contributed by atoms with Gasteiger partial charge in [0.25, 0.3) is 5.56 Å². The van der Waals surface area contributed by atoms with Crippen molar-refractivity contribution >= 4 is 17.5 Å². The molecule has 0 saturated heterocycles. The van der Waals surface area contributed by atoms with Crippen molar-refractivity contribution in [3.8, 4) is 0 Å². The molecule has 0 fully saturated rings. The predicted octanol–water partition coefficient (Wildman–Crippen LogP) is 5.41. The Bertz CT molecular complexity index is 924. The zero-order chi connectivity index (χ0) is 24.1. The largest absolute Gasteiger partial charge is 0.490 e. The minimum absolute atomic E-state index is 0.0417. The van der Waals surface area contributed by atoms with E-state index in [4.69, 9.17) is 9.47 Å². The van der Waals surface area contributed by atoms with Gasteiger partial charge in [-0.05, 0) is 69.9 Å². The van der Waals surface area contributed by atoms with Gasteiger partial charge in [0.05, 0.1) is 5.60 Å². The van der Waals surface area contributed by atoms with Gasteiger partial charge in [0.2, 0.25) is 0 Å². The molecule has 1 aromatic heterocycles. The summed E-state index contributed by atoms with van der Waals surface area (Å²) in [4.78, 5) is 25.4. The number of carbonyl (C=O) groups is 1. The molecule has 0 spiro atoms. The van der Waals surface area contributed by atoms with Crippen LogP contribution in [0.15, 0.2) is 58.3 Å². The number of aldehydes is 1. The molecule has 1 aliphatic rings. The van der Waals surface area contributed by atoms with Gasteiger partial charge >= 0.3 is 0 Å². The standard InChI is InChI=1S/C21H26N2O3.C5H12O/c1-4-19(15(2)3)17-12-20(21(25)23-14-17)22-13-16-7-5-6-8-18(11-16)26-10-9-24;1-5(2,3)6-4/h5-7,9,11-12,14,22H,4,8,10,13H2,1-3H3,(H,23,25);1-4H3. The van der Waals surface area contributed by atoms with E-state index in [9.17, 15) is 9.59 Å². The minimum Gasteiger partial charge on any atom is -0.490 e. The zero-order valence-electron chi connectivity index (χ0n) is 20.5. The van der Waals surface area contributed by atoms with Crippen LogP contribution in [-0.4, -0.2) is 37.1 Å². The number of ether oxygens (including phenoxy) is 2. The van der Waals surface area contributed by atoms with Crippen molar-refractivity contribution in [2.75, 3.05) is 25.6 Å². The number of anilines is 1. The highest BCUT2D eigenvalue weighted by Crippen LogP contribution is 2.22. The maximum absolute atomic E-state index is 12.2. The Morgan fingerprint density at radius 1 is 1.28 bits per heavy atom. The molecule has 2 N–H and O–H groups in total. The molecular formula is C26H38N2O4. The van der Waals surface area contributed by atoms with Crippen LogP contribution < -0.4 is 10.9 Å². The molecule has 1 aliphatic carbocycles. The molecule has 176 valence electrons. The van der Waals surface area contributed by atoms with Crippen LogP contribution in [0.25, 0.3) is 5.57 Å². The van der Waals surface area contributed by atoms with Gasteiger partial charge in [-0.15, -0.1) is 0 Å². The third-order valence-electron chi connectivity index (χ3n) is 4.75. The molecule has 0 atom stereocenters. The second-order valence-corrected chi connectivity index (χ2v) is 8.60. The summed E-state index contributed by atoms with van der Waals surface area (Å²) in [5, 5.41) is 3.21. The lowest BCUT2D eigenvalue weighted by Gasteiger charge is -2.14. The van der Waals surface area contributed by atoms with Crippen LogP contribution >= 0.6 is 0 Å². The molecule has 0 aromatic carbocycles. The van der Waals surface area contributed by atoms with Crippen LogP contribution in [0, 0.1) is 0 Å². The van der Waals surface area contributed by atoms with E-state index < -0.39 is 0 Å². The molecule has 6 heteroatoms. The molecule has 1 heterocycles. The van der Waals surface area contributed by atoms with Crippen LogP contribution in [0.4, 0.5) is 5.69 Å². The van der Waals surface area contributed by atoms with Gasteiger partial charge in [0, 0.05) is 26.3 Å². The van der Waals surface area contributed by atoms with E-state index in [1.165, 1.54) is 11.1 Å². The average molecular weight is 443 g/mol. The number of H-pyrrole nitrogens is 1. The Hall–Kier alpha value is -2.86. The second kappa shape index (κ2) is 13.5. The van der Waals surface area contributed by atoms with Gasteiger partial charge in [-0.2, -0.15) is 0 Å². The van der Waals surface area contributed by atoms with E-state index >= 15 is 0 Å². The number of hydrogen-bond acceptors (Lipinski definition) is 5. The summed E-state index contributed by atoms with van der Waals surface area (Å²) in [6, 6.07) is 1.89. The molecule has 0 saturated carbocycles. The maximum Gasteiger partial charge on any atom is 0.271 e. The Kier molecular flexibility index (Phi) is 11.5. The Morgan fingerprint density at radius 2 is 1.97 bits per heavy atom. The lowest BCUT2D eigenvalue weighted by molar-refractivity contribution is -0.110. The van der Waals surface area contributed by atoms with Crippen molar-refractivity contribution in [1.29, 1.82) is 0 Å². The summed E-state index contributed by atoms with van der Waals surface area (Å²) >= 11 is 0. The number of aromatic amines is 1. The first-order valence-electron chi connectivity index (χ1n) is 10.9. The van der Waals surface area contributed by atoms with Gasteiger partial charge in [-0.25, -0.2) is 0 Å². The molecule has 0 aliphatic heterocycles. The number of aromatic nitrogens is 1. The molecule has 6 nitrogen and oxygen atoms in total. The second-order valence-electron chi connectivity index (χ2n) is 8.60. The topological polar surface area (TPSA) is 80.4 Å². The minimum atomic E-state index is -0.149. The van der Waals surface area contributed by atoms with Crippen molar-refractivity contribution in [3.05, 3.63) is 69.4 Å². The summed E-state index contributed by atoms with van der Waals surface area (Å²) < 4.78 is 10.3. The summed E-state index contributed by atoms with van der Waals surface area (Å²) in [6.07, 6.45) is 11.8. The van der Waals surface area contributed by atoms with Crippen molar-refractivity contribution in [1.82, 2.24) is 4.98 Å². The van der Waals surface area contributed by atoms with Crippen molar-refractivity contribution in [2.45, 2.75) is 60.0 Å². The summed E-state index contributed by atoms with van der Waals surface area (Å²) in [5.74, 6) is 0.736. The first kappa shape index (κ1) is 27.2. The van der Waals surface area contributed by atoms with Crippen LogP contribution in [0.3, 0.4) is 0 Å². The van der Waals surface area contributed by atoms with E-state index in [1.54, 1.807) is 13.3 Å². The summed E-state index contributed by atoms with van der Waals surface area (Å²) in [7, 11) is 1.71. The molecule has 0 amide bonds. The molecule has 2 rings (SSSR count). The summed E-state index contributed by atoms with van der Waals surface area (Å²) in [6.45, 7) is 12.9. The zero-order valence-corrected chi connectivity index (χ0v) is 20.5. The van der Waals surface area contributed by atoms with Crippen molar-refractivity contribution in [3.63, 3.8) is 0 Å². The highest BCUT2D eigenvalue weighted by Gasteiger charge is 2.08. The number of hydrogen-bond donors (Lipinski definition) is 2. The van der Waals surface area contributed by atoms with E-state index in [1.807, 2.05) is 51.1 Å². The predicted molar refractivity (Wildman–Crippen MR) is 133 cm³/mol. The van der Waals surface area contributed by atoms with Crippen LogP contribution in [-0.2, 0) is 14.3 Å². The first-order valence-corrected chi connectivity index (χ1v) is 10.9. The highest BCUT2D eigenvalue weighted by molar-refractivity contribution is 5.69. The highest BCUT2D eigenvalue weighted by atomic mass is 16.5. The number of nitrogens with one attached hydrogen (secondary N) is 2. The monoisotopic (exact) mass is 442 g/mol. The van der Waals surface area contributed by atoms with Gasteiger partial charge in [-0.3, -0.25) is 9.59 Å². The third kappa shape index (κ3) is 9.96. The van der Waals surface area contributed by atoms with E-state index in [0.29, 0.717) is 18.7 Å². The van der Waals surface area contributed by atoms with Gasteiger partial charge in [0.15, 0.2) is 6.29 Å². The fraction of sp³-hybridized carbons (Fsp3) is 0.462. The lowest BCUT2D eigenvalue weighted by Crippen LogP contribution is -2.16. The summed E-state index contributed by atoms with van der Waals surface area (Å²) in [5.41, 5.74) is 4.89. The number of methoxy groups -OCH3 is 1. The Morgan fingerprint density at radius 3 is 2.53 bits per heavy atom. The maximum atomic E-state index is 12.2. The van der Waals surface area contributed by atoms with E-state index in [2.05, 4.69) is 31.1 Å². The van der Waals surface area contributed by atoms with Crippen molar-refractivity contribution in [2.24, 2.45) is 0 Å². The third-order valence-corrected chi connectivity index (χ3v) is 4.75. The number of pyridine rings is 1. The van der Waals surface area contributed by atoms with Crippen molar-refractivity contribution < 1.29 is 14.3 Å². The van der Waals surface area contributed by atoms with Gasteiger partial charge in [0.1, 0.15) is 18.1 Å². The quantitative estimate of drug-likeness (QED) is 0.526. The Labute approximate surface area is 192 Å². The van der Waals surface area contributed by atoms with Crippen LogP contribution in [0.1, 0.15) is 59.9 Å². The van der Waals surface area contributed by atoms with E-state index in [-0.39, 0.29) is 17.8 Å². The fourth-order valence-corrected chi connectivity index (χ4v) is 2.87. The normalized spacial score (nSPS) is 13.1. The van der Waals surface area contributed by atoms with Crippen LogP contribution in [0.5, 0.6) is 0 Å². The molecule has 0 bridgehead atoms. The fourth-order valence-electron chi connectivity index (χ4n) is 2.87. The average Bonchev–Trinajstić information content (AvgIpc) is 2.97. The molecular weight excluding hydrogens is 404 g/mol. The number of carbonyl (C=O) groups excluding carboxylic acids is 1.